The highest BCUT2D eigenvalue weighted by molar-refractivity contribution is 6.03. The first kappa shape index (κ1) is 14.2. The Morgan fingerprint density at radius 3 is 2.41 bits per heavy atom. The van der Waals surface area contributed by atoms with E-state index in [0.717, 1.165) is 27.3 Å². The van der Waals surface area contributed by atoms with Gasteiger partial charge in [0, 0.05) is 18.4 Å². The molecule has 0 spiro atoms. The molecule has 112 valence electrons. The van der Waals surface area contributed by atoms with Gasteiger partial charge < -0.3 is 10.2 Å². The van der Waals surface area contributed by atoms with Crippen molar-refractivity contribution in [2.45, 2.75) is 25.7 Å². The Morgan fingerprint density at radius 1 is 0.955 bits per heavy atom. The molecule has 0 fully saturated rings. The third-order valence-electron chi connectivity index (χ3n) is 3.75. The highest BCUT2D eigenvalue weighted by atomic mass is 16.4. The van der Waals surface area contributed by atoms with Crippen LogP contribution >= 0.6 is 0 Å². The van der Waals surface area contributed by atoms with Gasteiger partial charge in [-0.25, -0.2) is 0 Å². The standard InChI is InChI=1S/C16H14N2O4/c19-15(20)5-3-9-1-2-10-7-14-12(8-11(9)10)13(17-18-14)4-6-16(21)22/h1-2,7-8H,3-6H2,(H,19,20)(H,21,22). The fourth-order valence-corrected chi connectivity index (χ4v) is 2.65. The van der Waals surface area contributed by atoms with Gasteiger partial charge in [-0.1, -0.05) is 12.2 Å². The van der Waals surface area contributed by atoms with E-state index in [1.807, 2.05) is 24.3 Å². The number of aliphatic carboxylic acids is 2. The smallest absolute Gasteiger partial charge is 0.303 e. The van der Waals surface area contributed by atoms with Gasteiger partial charge in [-0.15, -0.1) is 0 Å². The molecule has 0 bridgehead atoms. The molecule has 0 amide bonds. The predicted octanol–water partition coefficient (Wildman–Crippen LogP) is 0.931. The van der Waals surface area contributed by atoms with Crippen molar-refractivity contribution in [1.29, 1.82) is 0 Å². The van der Waals surface area contributed by atoms with Crippen LogP contribution in [0.5, 0.6) is 0 Å². The van der Waals surface area contributed by atoms with Crippen molar-refractivity contribution >= 4 is 29.3 Å². The summed E-state index contributed by atoms with van der Waals surface area (Å²) in [6.07, 6.45) is 4.77. The number of fused-ring (bicyclic) bond motifs is 2. The first-order chi connectivity index (χ1) is 10.5. The molecule has 6 heteroatoms. The van der Waals surface area contributed by atoms with Crippen molar-refractivity contribution in [3.63, 3.8) is 0 Å². The molecule has 6 nitrogen and oxygen atoms in total. The lowest BCUT2D eigenvalue weighted by molar-refractivity contribution is -0.137. The molecule has 0 saturated carbocycles. The molecule has 3 rings (SSSR count). The third-order valence-corrected chi connectivity index (χ3v) is 3.75. The molecule has 1 aromatic rings. The van der Waals surface area contributed by atoms with Crippen LogP contribution in [-0.2, 0) is 9.59 Å². The molecule has 0 saturated heterocycles. The van der Waals surface area contributed by atoms with Crippen LogP contribution in [0, 0.1) is 0 Å². The molecular weight excluding hydrogens is 284 g/mol. The number of nitrogens with zero attached hydrogens (tertiary/aromatic N) is 2. The minimum absolute atomic E-state index is 0.0126. The Hall–Kier alpha value is -2.76. The SMILES string of the molecule is O=C(O)CCC1=NN=c2cc3c(cc21)=C(CCC(=O)O)C=C3. The van der Waals surface area contributed by atoms with E-state index >= 15 is 0 Å². The van der Waals surface area contributed by atoms with Crippen LogP contribution in [0.15, 0.2) is 28.4 Å². The minimum Gasteiger partial charge on any atom is -0.481 e. The van der Waals surface area contributed by atoms with E-state index in [1.165, 1.54) is 0 Å². The van der Waals surface area contributed by atoms with Crippen LogP contribution < -0.4 is 10.6 Å². The van der Waals surface area contributed by atoms with Crippen LogP contribution in [0.3, 0.4) is 0 Å². The molecule has 0 aromatic heterocycles. The lowest BCUT2D eigenvalue weighted by atomic mass is 10.0. The molecule has 1 aliphatic heterocycles. The minimum atomic E-state index is -0.868. The zero-order valence-corrected chi connectivity index (χ0v) is 11.7. The number of carbonyl (C=O) groups is 2. The van der Waals surface area contributed by atoms with E-state index in [2.05, 4.69) is 10.2 Å². The fourth-order valence-electron chi connectivity index (χ4n) is 2.65. The summed E-state index contributed by atoms with van der Waals surface area (Å²) in [5.41, 5.74) is 3.49. The van der Waals surface area contributed by atoms with Gasteiger partial charge in [0.25, 0.3) is 0 Å². The maximum atomic E-state index is 10.7. The Morgan fingerprint density at radius 2 is 1.68 bits per heavy atom. The number of benzene rings is 1. The topological polar surface area (TPSA) is 99.3 Å². The van der Waals surface area contributed by atoms with Gasteiger partial charge in [0.05, 0.1) is 17.5 Å². The summed E-state index contributed by atoms with van der Waals surface area (Å²) in [7, 11) is 0. The predicted molar refractivity (Wildman–Crippen MR) is 79.9 cm³/mol. The van der Waals surface area contributed by atoms with Crippen molar-refractivity contribution in [3.05, 3.63) is 39.9 Å². The Bertz CT molecular complexity index is 850. The first-order valence-corrected chi connectivity index (χ1v) is 6.98. The van der Waals surface area contributed by atoms with Crippen molar-refractivity contribution in [2.75, 3.05) is 0 Å². The largest absolute Gasteiger partial charge is 0.481 e. The van der Waals surface area contributed by atoms with Gasteiger partial charge in [0.15, 0.2) is 0 Å². The highest BCUT2D eigenvalue weighted by Crippen LogP contribution is 2.17. The van der Waals surface area contributed by atoms with Gasteiger partial charge in [-0.2, -0.15) is 10.2 Å². The number of carboxylic acid groups (broad SMARTS) is 2. The van der Waals surface area contributed by atoms with E-state index in [9.17, 15) is 9.59 Å². The summed E-state index contributed by atoms with van der Waals surface area (Å²) in [6.45, 7) is 0. The lowest BCUT2D eigenvalue weighted by Crippen LogP contribution is -2.20. The number of rotatable bonds is 6. The monoisotopic (exact) mass is 298 g/mol. The summed E-state index contributed by atoms with van der Waals surface area (Å²) in [5.74, 6) is -1.69. The first-order valence-electron chi connectivity index (χ1n) is 6.98. The van der Waals surface area contributed by atoms with Crippen LogP contribution in [0.1, 0.15) is 36.8 Å². The number of hydrogen-bond donors (Lipinski definition) is 2. The number of allylic oxidation sites excluding steroid dienone is 1. The molecule has 1 heterocycles. The Balaban J connectivity index is 1.94. The van der Waals surface area contributed by atoms with E-state index in [4.69, 9.17) is 10.2 Å². The van der Waals surface area contributed by atoms with Crippen molar-refractivity contribution in [3.8, 4) is 0 Å². The van der Waals surface area contributed by atoms with Gasteiger partial charge >= 0.3 is 11.9 Å². The van der Waals surface area contributed by atoms with Gasteiger partial charge in [0.2, 0.25) is 0 Å². The molecule has 1 aromatic carbocycles. The normalized spacial score (nSPS) is 14.4. The molecule has 1 aliphatic carbocycles. The fraction of sp³-hybridized carbons (Fsp3) is 0.250. The molecule has 0 unspecified atom stereocenters. The van der Waals surface area contributed by atoms with Crippen LogP contribution in [0.4, 0.5) is 0 Å². The molecule has 0 radical (unpaired) electrons. The van der Waals surface area contributed by atoms with E-state index < -0.39 is 11.9 Å². The summed E-state index contributed by atoms with van der Waals surface area (Å²) in [5, 5.41) is 27.5. The molecule has 0 atom stereocenters. The maximum absolute atomic E-state index is 10.7. The zero-order valence-electron chi connectivity index (χ0n) is 11.7. The maximum Gasteiger partial charge on any atom is 0.303 e. The van der Waals surface area contributed by atoms with E-state index in [0.29, 0.717) is 18.6 Å². The molecule has 2 N–H and O–H groups in total. The van der Waals surface area contributed by atoms with E-state index in [1.54, 1.807) is 0 Å². The average molecular weight is 298 g/mol. The highest BCUT2D eigenvalue weighted by Gasteiger charge is 2.17. The average Bonchev–Trinajstić information content (AvgIpc) is 3.04. The summed E-state index contributed by atoms with van der Waals surface area (Å²) in [4.78, 5) is 21.4. The van der Waals surface area contributed by atoms with Gasteiger partial charge in [-0.3, -0.25) is 9.59 Å². The van der Waals surface area contributed by atoms with Crippen LogP contribution in [0.25, 0.3) is 11.6 Å². The van der Waals surface area contributed by atoms with Crippen molar-refractivity contribution < 1.29 is 19.8 Å². The summed E-state index contributed by atoms with van der Waals surface area (Å²) in [6, 6.07) is 3.85. The van der Waals surface area contributed by atoms with Gasteiger partial charge in [-0.05, 0) is 34.9 Å². The van der Waals surface area contributed by atoms with Crippen molar-refractivity contribution in [1.82, 2.24) is 0 Å². The zero-order chi connectivity index (χ0) is 15.7. The number of carboxylic acids is 2. The molecular formula is C16H14N2O4. The summed E-state index contributed by atoms with van der Waals surface area (Å²) >= 11 is 0. The second-order valence-electron chi connectivity index (χ2n) is 5.25. The second kappa shape index (κ2) is 5.55. The van der Waals surface area contributed by atoms with Crippen LogP contribution in [0.2, 0.25) is 0 Å². The molecule has 2 aliphatic rings. The Labute approximate surface area is 125 Å². The van der Waals surface area contributed by atoms with Gasteiger partial charge in [0.1, 0.15) is 0 Å². The van der Waals surface area contributed by atoms with Crippen molar-refractivity contribution in [2.24, 2.45) is 10.2 Å². The second-order valence-corrected chi connectivity index (χ2v) is 5.25. The lowest BCUT2D eigenvalue weighted by Gasteiger charge is -2.02. The van der Waals surface area contributed by atoms with E-state index in [-0.39, 0.29) is 12.8 Å². The Kier molecular flexibility index (Phi) is 3.58. The molecule has 22 heavy (non-hydrogen) atoms. The number of hydrogen-bond acceptors (Lipinski definition) is 4. The van der Waals surface area contributed by atoms with Crippen LogP contribution in [-0.4, -0.2) is 27.9 Å². The quantitative estimate of drug-likeness (QED) is 0.816. The third kappa shape index (κ3) is 2.67. The summed E-state index contributed by atoms with van der Waals surface area (Å²) < 4.78 is 0.